The first kappa shape index (κ1) is 15.6. The molecule has 2 aromatic rings. The first-order valence-corrected chi connectivity index (χ1v) is 7.86. The van der Waals surface area contributed by atoms with E-state index >= 15 is 0 Å². The molecule has 1 aliphatic heterocycles. The third kappa shape index (κ3) is 3.55. The molecule has 3 rings (SSSR count). The minimum Gasteiger partial charge on any atom is -0.497 e. The highest BCUT2D eigenvalue weighted by Gasteiger charge is 2.21. The fourth-order valence-electron chi connectivity index (χ4n) is 2.89. The number of ether oxygens (including phenoxy) is 2. The Labute approximate surface area is 137 Å². The van der Waals surface area contributed by atoms with Crippen LogP contribution in [0.15, 0.2) is 24.3 Å². The average Bonchev–Trinajstić information content (AvgIpc) is 2.53. The molecular formula is C18H23N3O2. The molecule has 2 heterocycles. The molecule has 1 aromatic carbocycles. The summed E-state index contributed by atoms with van der Waals surface area (Å²) < 4.78 is 11.2. The first-order chi connectivity index (χ1) is 11.0. The van der Waals surface area contributed by atoms with E-state index in [-0.39, 0.29) is 0 Å². The van der Waals surface area contributed by atoms with Gasteiger partial charge in [-0.2, -0.15) is 0 Å². The van der Waals surface area contributed by atoms with Gasteiger partial charge in [0.15, 0.2) is 0 Å². The zero-order chi connectivity index (χ0) is 16.4. The molecule has 0 N–H and O–H groups in total. The standard InChI is InChI=1S/C18H23N3O2/c1-12-7-15(20-18(19-12)21(2)3)9-13-8-14-5-6-16(22-4)10-17(14)23-11-13/h5-7,10,13H,8-9,11H2,1-4H3/t13-/m1/s1. The summed E-state index contributed by atoms with van der Waals surface area (Å²) in [5.41, 5.74) is 3.31. The maximum atomic E-state index is 5.92. The molecule has 122 valence electrons. The van der Waals surface area contributed by atoms with E-state index in [0.717, 1.165) is 41.7 Å². The number of hydrogen-bond acceptors (Lipinski definition) is 5. The number of methoxy groups -OCH3 is 1. The molecular weight excluding hydrogens is 290 g/mol. The van der Waals surface area contributed by atoms with Crippen molar-refractivity contribution in [2.75, 3.05) is 32.7 Å². The fraction of sp³-hybridized carbons (Fsp3) is 0.444. The quantitative estimate of drug-likeness (QED) is 0.868. The maximum Gasteiger partial charge on any atom is 0.225 e. The van der Waals surface area contributed by atoms with Gasteiger partial charge < -0.3 is 14.4 Å². The van der Waals surface area contributed by atoms with Crippen molar-refractivity contribution >= 4 is 5.95 Å². The van der Waals surface area contributed by atoms with Gasteiger partial charge in [-0.05, 0) is 37.5 Å². The molecule has 5 nitrogen and oxygen atoms in total. The molecule has 0 unspecified atom stereocenters. The average molecular weight is 313 g/mol. The van der Waals surface area contributed by atoms with Crippen LogP contribution in [0, 0.1) is 12.8 Å². The van der Waals surface area contributed by atoms with Crippen molar-refractivity contribution in [2.45, 2.75) is 19.8 Å². The second-order valence-corrected chi connectivity index (χ2v) is 6.25. The summed E-state index contributed by atoms with van der Waals surface area (Å²) in [5, 5.41) is 0. The van der Waals surface area contributed by atoms with Crippen molar-refractivity contribution in [3.63, 3.8) is 0 Å². The molecule has 0 amide bonds. The van der Waals surface area contributed by atoms with Crippen molar-refractivity contribution in [3.05, 3.63) is 41.2 Å². The lowest BCUT2D eigenvalue weighted by atomic mass is 9.92. The van der Waals surface area contributed by atoms with Gasteiger partial charge >= 0.3 is 0 Å². The minimum absolute atomic E-state index is 0.431. The molecule has 5 heteroatoms. The van der Waals surface area contributed by atoms with Crippen LogP contribution in [0.4, 0.5) is 5.95 Å². The van der Waals surface area contributed by atoms with Crippen molar-refractivity contribution < 1.29 is 9.47 Å². The van der Waals surface area contributed by atoms with Gasteiger partial charge in [0.25, 0.3) is 0 Å². The maximum absolute atomic E-state index is 5.92. The van der Waals surface area contributed by atoms with Crippen LogP contribution >= 0.6 is 0 Å². The molecule has 23 heavy (non-hydrogen) atoms. The highest BCUT2D eigenvalue weighted by atomic mass is 16.5. The smallest absolute Gasteiger partial charge is 0.225 e. The van der Waals surface area contributed by atoms with E-state index in [1.54, 1.807) is 7.11 Å². The molecule has 0 aliphatic carbocycles. The largest absolute Gasteiger partial charge is 0.497 e. The second kappa shape index (κ2) is 6.44. The third-order valence-electron chi connectivity index (χ3n) is 4.05. The van der Waals surface area contributed by atoms with Crippen LogP contribution in [0.1, 0.15) is 17.0 Å². The Morgan fingerprint density at radius 2 is 2.09 bits per heavy atom. The van der Waals surface area contributed by atoms with Crippen LogP contribution in [0.2, 0.25) is 0 Å². The molecule has 0 spiro atoms. The van der Waals surface area contributed by atoms with Crippen LogP contribution in [-0.4, -0.2) is 37.8 Å². The first-order valence-electron chi connectivity index (χ1n) is 7.86. The van der Waals surface area contributed by atoms with E-state index < -0.39 is 0 Å². The van der Waals surface area contributed by atoms with Gasteiger partial charge in [-0.25, -0.2) is 9.97 Å². The number of anilines is 1. The third-order valence-corrected chi connectivity index (χ3v) is 4.05. The lowest BCUT2D eigenvalue weighted by Gasteiger charge is -2.25. The van der Waals surface area contributed by atoms with E-state index in [2.05, 4.69) is 22.1 Å². The number of hydrogen-bond donors (Lipinski definition) is 0. The van der Waals surface area contributed by atoms with E-state index in [1.807, 2.05) is 38.1 Å². The highest BCUT2D eigenvalue weighted by Crippen LogP contribution is 2.32. The lowest BCUT2D eigenvalue weighted by molar-refractivity contribution is 0.219. The molecule has 1 aliphatic rings. The summed E-state index contributed by atoms with van der Waals surface area (Å²) >= 11 is 0. The van der Waals surface area contributed by atoms with E-state index in [4.69, 9.17) is 9.47 Å². The fourth-order valence-corrected chi connectivity index (χ4v) is 2.89. The summed E-state index contributed by atoms with van der Waals surface area (Å²) in [5.74, 6) is 2.97. The van der Waals surface area contributed by atoms with Crippen LogP contribution in [-0.2, 0) is 12.8 Å². The summed E-state index contributed by atoms with van der Waals surface area (Å²) in [4.78, 5) is 11.0. The minimum atomic E-state index is 0.431. The zero-order valence-corrected chi connectivity index (χ0v) is 14.2. The number of aryl methyl sites for hydroxylation is 1. The van der Waals surface area contributed by atoms with Crippen molar-refractivity contribution in [1.29, 1.82) is 0 Å². The van der Waals surface area contributed by atoms with Crippen molar-refractivity contribution in [2.24, 2.45) is 5.92 Å². The summed E-state index contributed by atoms with van der Waals surface area (Å²) in [6.45, 7) is 2.72. The van der Waals surface area contributed by atoms with Gasteiger partial charge in [0.05, 0.1) is 13.7 Å². The van der Waals surface area contributed by atoms with E-state index in [1.165, 1.54) is 5.56 Å². The number of nitrogens with zero attached hydrogens (tertiary/aromatic N) is 3. The molecule has 1 aromatic heterocycles. The van der Waals surface area contributed by atoms with Gasteiger partial charge in [0.2, 0.25) is 5.95 Å². The molecule has 0 fully saturated rings. The summed E-state index contributed by atoms with van der Waals surface area (Å²) in [7, 11) is 5.60. The SMILES string of the molecule is COc1ccc2c(c1)OC[C@@H](Cc1cc(C)nc(N(C)C)n1)C2. The van der Waals surface area contributed by atoms with Crippen molar-refractivity contribution in [1.82, 2.24) is 9.97 Å². The monoisotopic (exact) mass is 313 g/mol. The second-order valence-electron chi connectivity index (χ2n) is 6.25. The molecule has 1 atom stereocenters. The van der Waals surface area contributed by atoms with Gasteiger partial charge in [-0.15, -0.1) is 0 Å². The zero-order valence-electron chi connectivity index (χ0n) is 14.2. The highest BCUT2D eigenvalue weighted by molar-refractivity contribution is 5.42. The number of rotatable bonds is 4. The normalized spacial score (nSPS) is 16.4. The van der Waals surface area contributed by atoms with Gasteiger partial charge in [0, 0.05) is 37.5 Å². The Morgan fingerprint density at radius 1 is 1.26 bits per heavy atom. The predicted octanol–water partition coefficient (Wildman–Crippen LogP) is 2.65. The van der Waals surface area contributed by atoms with Gasteiger partial charge in [0.1, 0.15) is 11.5 Å². The Balaban J connectivity index is 1.74. The Hall–Kier alpha value is -2.30. The Morgan fingerprint density at radius 3 is 2.83 bits per heavy atom. The van der Waals surface area contributed by atoms with E-state index in [0.29, 0.717) is 12.5 Å². The lowest BCUT2D eigenvalue weighted by Crippen LogP contribution is -2.24. The van der Waals surface area contributed by atoms with E-state index in [9.17, 15) is 0 Å². The Bertz CT molecular complexity index is 701. The number of benzene rings is 1. The molecule has 0 saturated carbocycles. The Kier molecular flexibility index (Phi) is 4.37. The van der Waals surface area contributed by atoms with Crippen LogP contribution in [0.3, 0.4) is 0 Å². The van der Waals surface area contributed by atoms with Gasteiger partial charge in [-0.3, -0.25) is 0 Å². The predicted molar refractivity (Wildman–Crippen MR) is 90.5 cm³/mol. The molecule has 0 radical (unpaired) electrons. The van der Waals surface area contributed by atoms with Gasteiger partial charge in [-0.1, -0.05) is 6.07 Å². The molecule has 0 saturated heterocycles. The van der Waals surface area contributed by atoms with Crippen LogP contribution < -0.4 is 14.4 Å². The van der Waals surface area contributed by atoms with Crippen LogP contribution in [0.5, 0.6) is 11.5 Å². The van der Waals surface area contributed by atoms with Crippen LogP contribution in [0.25, 0.3) is 0 Å². The molecule has 0 bridgehead atoms. The summed E-state index contributed by atoms with van der Waals surface area (Å²) in [6.07, 6.45) is 1.90. The summed E-state index contributed by atoms with van der Waals surface area (Å²) in [6, 6.07) is 8.11. The number of fused-ring (bicyclic) bond motifs is 1. The van der Waals surface area contributed by atoms with Crippen molar-refractivity contribution in [3.8, 4) is 11.5 Å². The topological polar surface area (TPSA) is 47.5 Å². The number of aromatic nitrogens is 2.